The van der Waals surface area contributed by atoms with Crippen LogP contribution in [0.2, 0.25) is 0 Å². The van der Waals surface area contributed by atoms with Crippen LogP contribution in [0, 0.1) is 0 Å². The summed E-state index contributed by atoms with van der Waals surface area (Å²) in [5.74, 6) is -0.425. The molecule has 0 unspecified atom stereocenters. The number of hydrogen-bond acceptors (Lipinski definition) is 4. The zero-order chi connectivity index (χ0) is 16.2. The minimum atomic E-state index is -0.425. The summed E-state index contributed by atoms with van der Waals surface area (Å²) in [5.41, 5.74) is 4.21. The first-order valence-corrected chi connectivity index (χ1v) is 8.33. The molecule has 1 heterocycles. The molecule has 0 radical (unpaired) electrons. The maximum atomic E-state index is 11.6. The Balaban J connectivity index is 2.03. The van der Waals surface area contributed by atoms with Crippen LogP contribution in [0.3, 0.4) is 0 Å². The molecule has 0 aliphatic rings. The molecule has 0 spiro atoms. The van der Waals surface area contributed by atoms with Crippen LogP contribution in [0.4, 0.5) is 0 Å². The number of rotatable bonds is 4. The second-order valence-electron chi connectivity index (χ2n) is 4.93. The minimum absolute atomic E-state index is 0.343. The van der Waals surface area contributed by atoms with Crippen LogP contribution in [0.15, 0.2) is 59.5 Å². The van der Waals surface area contributed by atoms with Crippen molar-refractivity contribution in [1.29, 1.82) is 0 Å². The van der Waals surface area contributed by atoms with Gasteiger partial charge in [0.05, 0.1) is 12.8 Å². The number of carbonyl (C=O) groups excluding carboxylic acids is 1. The number of methoxy groups -OCH3 is 1. The van der Waals surface area contributed by atoms with Crippen LogP contribution in [0.25, 0.3) is 22.4 Å². The Morgan fingerprint density at radius 2 is 1.78 bits per heavy atom. The van der Waals surface area contributed by atoms with E-state index in [4.69, 9.17) is 4.74 Å². The first kappa shape index (κ1) is 15.4. The normalized spacial score (nSPS) is 10.5. The number of hydrogen-bond donors (Lipinski definition) is 1. The van der Waals surface area contributed by atoms with Gasteiger partial charge in [0.1, 0.15) is 5.69 Å². The van der Waals surface area contributed by atoms with Crippen molar-refractivity contribution in [3.8, 4) is 22.4 Å². The van der Waals surface area contributed by atoms with E-state index in [0.29, 0.717) is 5.69 Å². The number of thioether (sulfide) groups is 1. The maximum Gasteiger partial charge on any atom is 0.356 e. The van der Waals surface area contributed by atoms with E-state index in [-0.39, 0.29) is 0 Å². The molecule has 0 fully saturated rings. The van der Waals surface area contributed by atoms with Crippen molar-refractivity contribution in [3.63, 3.8) is 0 Å². The van der Waals surface area contributed by atoms with Crippen molar-refractivity contribution in [2.24, 2.45) is 0 Å². The van der Waals surface area contributed by atoms with Gasteiger partial charge in [-0.1, -0.05) is 36.4 Å². The molecule has 3 rings (SSSR count). The molecule has 4 nitrogen and oxygen atoms in total. The smallest absolute Gasteiger partial charge is 0.356 e. The second-order valence-corrected chi connectivity index (χ2v) is 5.81. The van der Waals surface area contributed by atoms with E-state index in [1.807, 2.05) is 18.2 Å². The van der Waals surface area contributed by atoms with Crippen LogP contribution in [0.5, 0.6) is 0 Å². The van der Waals surface area contributed by atoms with E-state index in [1.54, 1.807) is 17.8 Å². The molecule has 0 saturated carbocycles. The third kappa shape index (κ3) is 3.14. The molecule has 5 heteroatoms. The summed E-state index contributed by atoms with van der Waals surface area (Å²) in [5, 5.41) is 6.97. The van der Waals surface area contributed by atoms with E-state index in [0.717, 1.165) is 22.4 Å². The Morgan fingerprint density at radius 1 is 1.09 bits per heavy atom. The average molecular weight is 324 g/mol. The fraction of sp³-hybridized carbons (Fsp3) is 0.111. The Kier molecular flexibility index (Phi) is 4.48. The summed E-state index contributed by atoms with van der Waals surface area (Å²) in [6, 6.07) is 18.1. The topological polar surface area (TPSA) is 55.0 Å². The largest absolute Gasteiger partial charge is 0.464 e. The Morgan fingerprint density at radius 3 is 2.43 bits per heavy atom. The first-order chi connectivity index (χ1) is 11.2. The van der Waals surface area contributed by atoms with Crippen molar-refractivity contribution >= 4 is 17.7 Å². The third-order valence-corrected chi connectivity index (χ3v) is 4.33. The Hall–Kier alpha value is -2.53. The van der Waals surface area contributed by atoms with Gasteiger partial charge < -0.3 is 4.74 Å². The first-order valence-electron chi connectivity index (χ1n) is 7.10. The third-order valence-electron chi connectivity index (χ3n) is 3.59. The molecule has 2 aromatic carbocycles. The molecule has 0 saturated heterocycles. The highest BCUT2D eigenvalue weighted by Crippen LogP contribution is 2.32. The number of esters is 1. The van der Waals surface area contributed by atoms with Gasteiger partial charge in [-0.05, 0) is 35.6 Å². The van der Waals surface area contributed by atoms with E-state index in [9.17, 15) is 4.79 Å². The van der Waals surface area contributed by atoms with Gasteiger partial charge in [0.25, 0.3) is 0 Å². The highest BCUT2D eigenvalue weighted by molar-refractivity contribution is 7.98. The van der Waals surface area contributed by atoms with Gasteiger partial charge >= 0.3 is 5.97 Å². The minimum Gasteiger partial charge on any atom is -0.464 e. The maximum absolute atomic E-state index is 11.6. The number of benzene rings is 2. The monoisotopic (exact) mass is 324 g/mol. The van der Waals surface area contributed by atoms with Crippen molar-refractivity contribution in [3.05, 3.63) is 60.3 Å². The molecule has 0 aliphatic carbocycles. The Bertz CT molecular complexity index is 825. The molecule has 0 aliphatic heterocycles. The molecule has 1 N–H and O–H groups in total. The number of carbonyl (C=O) groups is 1. The summed E-state index contributed by atoms with van der Waals surface area (Å²) in [6.07, 6.45) is 2.06. The average Bonchev–Trinajstić information content (AvgIpc) is 3.11. The highest BCUT2D eigenvalue weighted by atomic mass is 32.2. The quantitative estimate of drug-likeness (QED) is 0.576. The molecule has 0 amide bonds. The summed E-state index contributed by atoms with van der Waals surface area (Å²) < 4.78 is 4.71. The summed E-state index contributed by atoms with van der Waals surface area (Å²) in [6.45, 7) is 0. The Labute approximate surface area is 138 Å². The molecular formula is C18H16N2O2S. The zero-order valence-electron chi connectivity index (χ0n) is 12.9. The molecule has 1 aromatic heterocycles. The van der Waals surface area contributed by atoms with Gasteiger partial charge in [-0.25, -0.2) is 4.79 Å². The number of nitrogens with one attached hydrogen (secondary N) is 1. The molecule has 116 valence electrons. The number of nitrogens with zero attached hydrogens (tertiary/aromatic N) is 1. The lowest BCUT2D eigenvalue weighted by Gasteiger charge is -2.08. The van der Waals surface area contributed by atoms with Gasteiger partial charge in [0, 0.05) is 10.5 Å². The summed E-state index contributed by atoms with van der Waals surface area (Å²) in [7, 11) is 1.35. The van der Waals surface area contributed by atoms with Crippen LogP contribution in [0.1, 0.15) is 10.5 Å². The standard InChI is InChI=1S/C18H16N2O2S/c1-22-18(21)17-11-16(19-20-17)15-6-4-3-5-14(15)12-7-9-13(23-2)10-8-12/h3-11H,1-2H3,(H,19,20). The van der Waals surface area contributed by atoms with Crippen LogP contribution in [-0.2, 0) is 4.74 Å². The van der Waals surface area contributed by atoms with E-state index >= 15 is 0 Å². The van der Waals surface area contributed by atoms with Gasteiger partial charge in [-0.15, -0.1) is 11.8 Å². The fourth-order valence-electron chi connectivity index (χ4n) is 2.40. The molecule has 0 atom stereocenters. The lowest BCUT2D eigenvalue weighted by Crippen LogP contribution is -2.00. The summed E-state index contributed by atoms with van der Waals surface area (Å²) in [4.78, 5) is 12.8. The number of aromatic amines is 1. The van der Waals surface area contributed by atoms with Gasteiger partial charge in [0.2, 0.25) is 0 Å². The van der Waals surface area contributed by atoms with Crippen LogP contribution in [-0.4, -0.2) is 29.5 Å². The van der Waals surface area contributed by atoms with E-state index in [2.05, 4.69) is 46.8 Å². The second kappa shape index (κ2) is 6.71. The van der Waals surface area contributed by atoms with Gasteiger partial charge in [-0.2, -0.15) is 5.10 Å². The summed E-state index contributed by atoms with van der Waals surface area (Å²) >= 11 is 1.71. The molecule has 23 heavy (non-hydrogen) atoms. The number of H-pyrrole nitrogens is 1. The van der Waals surface area contributed by atoms with E-state index in [1.165, 1.54) is 12.0 Å². The van der Waals surface area contributed by atoms with Crippen molar-refractivity contribution in [2.45, 2.75) is 4.90 Å². The van der Waals surface area contributed by atoms with Crippen LogP contribution < -0.4 is 0 Å². The molecule has 0 bridgehead atoms. The molecule has 3 aromatic rings. The lowest BCUT2D eigenvalue weighted by atomic mass is 9.98. The van der Waals surface area contributed by atoms with Crippen molar-refractivity contribution < 1.29 is 9.53 Å². The van der Waals surface area contributed by atoms with Crippen molar-refractivity contribution in [1.82, 2.24) is 10.2 Å². The van der Waals surface area contributed by atoms with Crippen molar-refractivity contribution in [2.75, 3.05) is 13.4 Å². The number of ether oxygens (including phenoxy) is 1. The highest BCUT2D eigenvalue weighted by Gasteiger charge is 2.14. The SMILES string of the molecule is COC(=O)c1cc(-c2ccccc2-c2ccc(SC)cc2)n[nH]1. The number of aromatic nitrogens is 2. The predicted molar refractivity (Wildman–Crippen MR) is 92.6 cm³/mol. The van der Waals surface area contributed by atoms with Gasteiger partial charge in [0.15, 0.2) is 0 Å². The predicted octanol–water partition coefficient (Wildman–Crippen LogP) is 4.25. The van der Waals surface area contributed by atoms with Crippen LogP contribution >= 0.6 is 11.8 Å². The lowest BCUT2D eigenvalue weighted by molar-refractivity contribution is 0.0594. The molecular weight excluding hydrogens is 308 g/mol. The van der Waals surface area contributed by atoms with Gasteiger partial charge in [-0.3, -0.25) is 5.10 Å². The zero-order valence-corrected chi connectivity index (χ0v) is 13.7. The van der Waals surface area contributed by atoms with E-state index < -0.39 is 5.97 Å². The fourth-order valence-corrected chi connectivity index (χ4v) is 2.81.